The summed E-state index contributed by atoms with van der Waals surface area (Å²) in [4.78, 5) is 0. The Hall–Kier alpha value is -2.42. The van der Waals surface area contributed by atoms with Crippen LogP contribution in [0.15, 0.2) is 78.9 Å². The summed E-state index contributed by atoms with van der Waals surface area (Å²) < 4.78 is 26.3. The third kappa shape index (κ3) is 3.02. The molecule has 0 nitrogen and oxygen atoms in total. The topological polar surface area (TPSA) is 0 Å². The van der Waals surface area contributed by atoms with Crippen molar-refractivity contribution in [3.8, 4) is 0 Å². The molecule has 3 rings (SSSR count). The summed E-state index contributed by atoms with van der Waals surface area (Å²) in [5.41, 5.74) is 3.05. The number of benzene rings is 3. The molecule has 3 aromatic carbocycles. The van der Waals surface area contributed by atoms with Crippen molar-refractivity contribution in [1.29, 1.82) is 0 Å². The van der Waals surface area contributed by atoms with E-state index in [4.69, 9.17) is 0 Å². The number of halogens is 2. The largest absolute Gasteiger partial charge is 0.241 e. The van der Waals surface area contributed by atoms with Gasteiger partial charge in [-0.3, -0.25) is 0 Å². The van der Waals surface area contributed by atoms with Crippen LogP contribution in [-0.2, 0) is 0 Å². The fraction of sp³-hybridized carbons (Fsp3) is 0. The Labute approximate surface area is 123 Å². The highest BCUT2D eigenvalue weighted by Crippen LogP contribution is 2.00. The Morgan fingerprint density at radius 2 is 0.857 bits per heavy atom. The molecule has 0 N–H and O–H groups in total. The molecule has 0 saturated heterocycles. The summed E-state index contributed by atoms with van der Waals surface area (Å²) in [6.45, 7) is -0.0348. The third-order valence-electron chi connectivity index (χ3n) is 3.54. The molecule has 0 aliphatic carbocycles. The number of hydrogen-bond acceptors (Lipinski definition) is 0. The lowest BCUT2D eigenvalue weighted by atomic mass is 9.37. The molecule has 0 radical (unpaired) electrons. The smallest absolute Gasteiger partial charge is 0.207 e. The molecule has 0 bridgehead atoms. The predicted molar refractivity (Wildman–Crippen MR) is 83.9 cm³/mol. The summed E-state index contributed by atoms with van der Waals surface area (Å²) in [5.74, 6) is -0.519. The molecular weight excluding hydrogens is 265 g/mol. The first-order chi connectivity index (χ1) is 10.2. The summed E-state index contributed by atoms with van der Waals surface area (Å²) in [6, 6.07) is 22.8. The van der Waals surface area contributed by atoms with Crippen molar-refractivity contribution in [2.75, 3.05) is 0 Å². The van der Waals surface area contributed by atoms with Gasteiger partial charge >= 0.3 is 0 Å². The van der Waals surface area contributed by atoms with Crippen molar-refractivity contribution in [3.05, 3.63) is 90.5 Å². The van der Waals surface area contributed by atoms with Gasteiger partial charge in [-0.05, 0) is 24.3 Å². The van der Waals surface area contributed by atoms with E-state index >= 15 is 0 Å². The molecule has 0 fully saturated rings. The second-order valence-electron chi connectivity index (χ2n) is 4.95. The van der Waals surface area contributed by atoms with Crippen LogP contribution in [0.2, 0.25) is 0 Å². The van der Waals surface area contributed by atoms with Gasteiger partial charge in [0.15, 0.2) is 0 Å². The summed E-state index contributed by atoms with van der Waals surface area (Å²) in [7, 11) is 0. The zero-order valence-electron chi connectivity index (χ0n) is 11.3. The molecule has 21 heavy (non-hydrogen) atoms. The van der Waals surface area contributed by atoms with Crippen LogP contribution in [0, 0.1) is 11.6 Å². The molecule has 0 spiro atoms. The van der Waals surface area contributed by atoms with Crippen LogP contribution in [0.5, 0.6) is 0 Å². The van der Waals surface area contributed by atoms with Gasteiger partial charge in [0.25, 0.3) is 0 Å². The van der Waals surface area contributed by atoms with Gasteiger partial charge in [0.1, 0.15) is 11.6 Å². The summed E-state index contributed by atoms with van der Waals surface area (Å²) >= 11 is 0. The van der Waals surface area contributed by atoms with Crippen LogP contribution >= 0.6 is 0 Å². The minimum Gasteiger partial charge on any atom is -0.207 e. The van der Waals surface area contributed by atoms with Gasteiger partial charge in [0.2, 0.25) is 6.71 Å². The third-order valence-corrected chi connectivity index (χ3v) is 3.54. The highest BCUT2D eigenvalue weighted by atomic mass is 19.1. The normalized spacial score (nSPS) is 10.4. The second kappa shape index (κ2) is 5.92. The molecule has 0 aliphatic heterocycles. The highest BCUT2D eigenvalue weighted by molar-refractivity contribution is 6.95. The first-order valence-electron chi connectivity index (χ1n) is 6.80. The molecule has 0 aromatic heterocycles. The van der Waals surface area contributed by atoms with Crippen LogP contribution in [0.4, 0.5) is 8.78 Å². The minimum atomic E-state index is -0.260. The average Bonchev–Trinajstić information content (AvgIpc) is 2.52. The number of hydrogen-bond donors (Lipinski definition) is 0. The molecule has 0 aliphatic rings. The Bertz CT molecular complexity index is 661. The van der Waals surface area contributed by atoms with Crippen molar-refractivity contribution in [1.82, 2.24) is 0 Å². The molecule has 0 saturated carbocycles. The molecule has 0 heterocycles. The Morgan fingerprint density at radius 3 is 1.29 bits per heavy atom. The van der Waals surface area contributed by atoms with E-state index in [1.807, 2.05) is 30.3 Å². The average molecular weight is 278 g/mol. The standard InChI is InChI=1S/C18H13BF2/c20-17-10-6-15(7-11-17)19(14-4-2-1-3-5-14)16-8-12-18(21)13-9-16/h1-13H. The molecule has 3 aromatic rings. The maximum Gasteiger partial charge on any atom is 0.241 e. The van der Waals surface area contributed by atoms with Gasteiger partial charge in [0, 0.05) is 0 Å². The minimum absolute atomic E-state index is 0.0348. The highest BCUT2D eigenvalue weighted by Gasteiger charge is 2.21. The first kappa shape index (κ1) is 13.6. The predicted octanol–water partition coefficient (Wildman–Crippen LogP) is 2.48. The Morgan fingerprint density at radius 1 is 0.476 bits per heavy atom. The zero-order chi connectivity index (χ0) is 14.7. The molecule has 0 unspecified atom stereocenters. The van der Waals surface area contributed by atoms with Crippen LogP contribution in [0.3, 0.4) is 0 Å². The Kier molecular flexibility index (Phi) is 3.82. The van der Waals surface area contributed by atoms with Crippen LogP contribution in [-0.4, -0.2) is 6.71 Å². The maximum atomic E-state index is 13.2. The van der Waals surface area contributed by atoms with E-state index in [9.17, 15) is 8.78 Å². The molecule has 3 heteroatoms. The van der Waals surface area contributed by atoms with E-state index in [0.29, 0.717) is 0 Å². The van der Waals surface area contributed by atoms with Crippen LogP contribution < -0.4 is 16.4 Å². The van der Waals surface area contributed by atoms with E-state index in [-0.39, 0.29) is 18.3 Å². The van der Waals surface area contributed by atoms with Crippen molar-refractivity contribution in [2.45, 2.75) is 0 Å². The monoisotopic (exact) mass is 278 g/mol. The summed E-state index contributed by atoms with van der Waals surface area (Å²) in [5, 5.41) is 0. The van der Waals surface area contributed by atoms with Crippen LogP contribution in [0.1, 0.15) is 0 Å². The van der Waals surface area contributed by atoms with Crippen molar-refractivity contribution in [3.63, 3.8) is 0 Å². The molecule has 102 valence electrons. The van der Waals surface area contributed by atoms with Crippen molar-refractivity contribution in [2.24, 2.45) is 0 Å². The lowest BCUT2D eigenvalue weighted by Crippen LogP contribution is -2.51. The lowest BCUT2D eigenvalue weighted by Gasteiger charge is -2.15. The number of rotatable bonds is 3. The van der Waals surface area contributed by atoms with Crippen molar-refractivity contribution >= 4 is 23.1 Å². The maximum absolute atomic E-state index is 13.2. The first-order valence-corrected chi connectivity index (χ1v) is 6.80. The molecule has 0 atom stereocenters. The Balaban J connectivity index is 2.11. The molecular formula is C18H13BF2. The van der Waals surface area contributed by atoms with Gasteiger partial charge in [-0.25, -0.2) is 8.78 Å². The van der Waals surface area contributed by atoms with Gasteiger partial charge in [-0.1, -0.05) is 71.0 Å². The van der Waals surface area contributed by atoms with Gasteiger partial charge < -0.3 is 0 Å². The van der Waals surface area contributed by atoms with E-state index in [0.717, 1.165) is 16.4 Å². The molecule has 0 amide bonds. The van der Waals surface area contributed by atoms with Crippen molar-refractivity contribution < 1.29 is 8.78 Å². The zero-order valence-corrected chi connectivity index (χ0v) is 11.3. The van der Waals surface area contributed by atoms with Crippen LogP contribution in [0.25, 0.3) is 0 Å². The van der Waals surface area contributed by atoms with Gasteiger partial charge in [0.05, 0.1) is 0 Å². The van der Waals surface area contributed by atoms with E-state index in [1.165, 1.54) is 24.3 Å². The fourth-order valence-electron chi connectivity index (χ4n) is 2.53. The fourth-order valence-corrected chi connectivity index (χ4v) is 2.53. The van der Waals surface area contributed by atoms with E-state index in [1.54, 1.807) is 24.3 Å². The van der Waals surface area contributed by atoms with Gasteiger partial charge in [-0.2, -0.15) is 0 Å². The second-order valence-corrected chi connectivity index (χ2v) is 4.95. The SMILES string of the molecule is Fc1ccc(B(c2ccccc2)c2ccc(F)cc2)cc1. The van der Waals surface area contributed by atoms with Gasteiger partial charge in [-0.15, -0.1) is 0 Å². The van der Waals surface area contributed by atoms with E-state index in [2.05, 4.69) is 0 Å². The van der Waals surface area contributed by atoms with E-state index < -0.39 is 0 Å². The summed E-state index contributed by atoms with van der Waals surface area (Å²) in [6.07, 6.45) is 0. The lowest BCUT2D eigenvalue weighted by molar-refractivity contribution is 0.628. The quantitative estimate of drug-likeness (QED) is 0.646.